The van der Waals surface area contributed by atoms with Crippen LogP contribution in [-0.2, 0) is 6.18 Å². The number of alkyl halides is 3. The molecule has 0 fully saturated rings. The molecular formula is C11H11F3N4O. The molecule has 0 saturated carbocycles. The van der Waals surface area contributed by atoms with Crippen molar-refractivity contribution in [2.45, 2.75) is 13.1 Å². The zero-order valence-electron chi connectivity index (χ0n) is 9.95. The third kappa shape index (κ3) is 3.15. The minimum absolute atomic E-state index is 0.257. The number of halogens is 3. The largest absolute Gasteiger partial charge is 0.416 e. The summed E-state index contributed by atoms with van der Waals surface area (Å²) in [4.78, 5) is 11.4. The average Bonchev–Trinajstić information content (AvgIpc) is 2.33. The van der Waals surface area contributed by atoms with E-state index in [0.717, 1.165) is 12.1 Å². The van der Waals surface area contributed by atoms with Gasteiger partial charge in [-0.05, 0) is 31.2 Å². The van der Waals surface area contributed by atoms with Crippen LogP contribution in [0.5, 0.6) is 0 Å². The molecular weight excluding hydrogens is 261 g/mol. The van der Waals surface area contributed by atoms with Crippen LogP contribution in [0.15, 0.2) is 29.4 Å². The highest BCUT2D eigenvalue weighted by atomic mass is 19.4. The van der Waals surface area contributed by atoms with E-state index < -0.39 is 17.8 Å². The molecule has 2 amide bonds. The number of amides is 2. The Kier molecular flexibility index (Phi) is 3.32. The molecule has 1 aromatic rings. The van der Waals surface area contributed by atoms with Crippen LogP contribution >= 0.6 is 0 Å². The van der Waals surface area contributed by atoms with Crippen molar-refractivity contribution >= 4 is 17.4 Å². The number of hydrogen-bond donors (Lipinski definition) is 2. The Morgan fingerprint density at radius 3 is 2.53 bits per heavy atom. The van der Waals surface area contributed by atoms with Gasteiger partial charge in [-0.3, -0.25) is 5.43 Å². The Hall–Kier alpha value is -2.25. The fourth-order valence-corrected chi connectivity index (χ4v) is 1.52. The Morgan fingerprint density at radius 2 is 1.95 bits per heavy atom. The summed E-state index contributed by atoms with van der Waals surface area (Å²) >= 11 is 0. The molecule has 0 bridgehead atoms. The van der Waals surface area contributed by atoms with E-state index in [9.17, 15) is 18.0 Å². The third-order valence-electron chi connectivity index (χ3n) is 2.45. The maximum Gasteiger partial charge on any atom is 0.416 e. The number of carbonyl (C=O) groups excluding carboxylic acids is 1. The van der Waals surface area contributed by atoms with E-state index in [1.807, 2.05) is 0 Å². The van der Waals surface area contributed by atoms with Crippen LogP contribution < -0.4 is 10.9 Å². The first kappa shape index (κ1) is 13.2. The number of hydrazone groups is 1. The number of hydrogen-bond acceptors (Lipinski definition) is 3. The van der Waals surface area contributed by atoms with Gasteiger partial charge in [0.15, 0.2) is 0 Å². The third-order valence-corrected chi connectivity index (χ3v) is 2.45. The number of anilines is 1. The smallest absolute Gasteiger partial charge is 0.294 e. The second-order valence-electron chi connectivity index (χ2n) is 4.04. The zero-order valence-corrected chi connectivity index (χ0v) is 9.95. The number of nitrogens with zero attached hydrogens (tertiary/aromatic N) is 2. The minimum atomic E-state index is -4.37. The summed E-state index contributed by atoms with van der Waals surface area (Å²) in [6, 6.07) is 3.95. The lowest BCUT2D eigenvalue weighted by Crippen LogP contribution is -2.48. The molecule has 0 spiro atoms. The van der Waals surface area contributed by atoms with Gasteiger partial charge in [0.1, 0.15) is 0 Å². The molecule has 1 aromatic carbocycles. The summed E-state index contributed by atoms with van der Waals surface area (Å²) in [5.41, 5.74) is 5.31. The van der Waals surface area contributed by atoms with Crippen LogP contribution in [0.2, 0.25) is 0 Å². The van der Waals surface area contributed by atoms with Gasteiger partial charge < -0.3 is 0 Å². The first-order chi connectivity index (χ1) is 8.86. The highest BCUT2D eigenvalue weighted by molar-refractivity contribution is 5.92. The van der Waals surface area contributed by atoms with Gasteiger partial charge >= 0.3 is 12.2 Å². The van der Waals surface area contributed by atoms with Gasteiger partial charge in [-0.15, -0.1) is 0 Å². The quantitative estimate of drug-likeness (QED) is 0.868. The normalized spacial score (nSPS) is 15.9. The molecule has 2 N–H and O–H groups in total. The van der Waals surface area contributed by atoms with Crippen LogP contribution in [0.4, 0.5) is 23.7 Å². The van der Waals surface area contributed by atoms with Crippen molar-refractivity contribution in [2.75, 3.05) is 12.0 Å². The first-order valence-corrected chi connectivity index (χ1v) is 5.41. The Morgan fingerprint density at radius 1 is 1.32 bits per heavy atom. The molecule has 8 heteroatoms. The van der Waals surface area contributed by atoms with Gasteiger partial charge in [0.25, 0.3) is 0 Å². The van der Waals surface area contributed by atoms with Crippen molar-refractivity contribution in [3.8, 4) is 0 Å². The van der Waals surface area contributed by atoms with Crippen LogP contribution in [0.25, 0.3) is 0 Å². The molecule has 0 radical (unpaired) electrons. The van der Waals surface area contributed by atoms with Crippen LogP contribution in [0.3, 0.4) is 0 Å². The van der Waals surface area contributed by atoms with Crippen molar-refractivity contribution in [3.05, 3.63) is 29.8 Å². The fourth-order valence-electron chi connectivity index (χ4n) is 1.52. The monoisotopic (exact) mass is 272 g/mol. The van der Waals surface area contributed by atoms with E-state index in [2.05, 4.69) is 16.0 Å². The molecule has 0 aliphatic carbocycles. The minimum Gasteiger partial charge on any atom is -0.294 e. The second kappa shape index (κ2) is 4.79. The summed E-state index contributed by atoms with van der Waals surface area (Å²) in [6.45, 7) is 1.98. The van der Waals surface area contributed by atoms with E-state index >= 15 is 0 Å². The fraction of sp³-hybridized carbons (Fsp3) is 0.273. The molecule has 2 rings (SSSR count). The predicted molar refractivity (Wildman–Crippen MR) is 63.4 cm³/mol. The van der Waals surface area contributed by atoms with Crippen LogP contribution in [-0.4, -0.2) is 23.3 Å². The van der Waals surface area contributed by atoms with Crippen molar-refractivity contribution in [2.24, 2.45) is 5.10 Å². The van der Waals surface area contributed by atoms with Gasteiger partial charge in [-0.25, -0.2) is 15.2 Å². The lowest BCUT2D eigenvalue weighted by Gasteiger charge is -2.26. The molecule has 5 nitrogen and oxygen atoms in total. The topological polar surface area (TPSA) is 56.7 Å². The van der Waals surface area contributed by atoms with Gasteiger partial charge in [-0.2, -0.15) is 18.3 Å². The Bertz CT molecular complexity index is 510. The van der Waals surface area contributed by atoms with Crippen molar-refractivity contribution < 1.29 is 18.0 Å². The number of rotatable bonds is 2. The number of carbonyl (C=O) groups is 1. The number of hydrazine groups is 1. The molecule has 102 valence electrons. The average molecular weight is 272 g/mol. The first-order valence-electron chi connectivity index (χ1n) is 5.41. The standard InChI is InChI=1S/C11H11F3N4O/c1-7-6-18(10(19)16-15-7)17-9-4-2-8(3-5-9)11(12,13)14/h2-5,17H,6H2,1H3,(H,16,19). The molecule has 0 atom stereocenters. The molecule has 1 aliphatic heterocycles. The van der Waals surface area contributed by atoms with E-state index in [1.54, 1.807) is 6.92 Å². The van der Waals surface area contributed by atoms with Crippen LogP contribution in [0, 0.1) is 0 Å². The van der Waals surface area contributed by atoms with E-state index in [4.69, 9.17) is 0 Å². The maximum absolute atomic E-state index is 12.4. The van der Waals surface area contributed by atoms with E-state index in [-0.39, 0.29) is 6.54 Å². The lowest BCUT2D eigenvalue weighted by molar-refractivity contribution is -0.137. The SMILES string of the molecule is CC1=NNC(=O)N(Nc2ccc(C(F)(F)F)cc2)C1. The van der Waals surface area contributed by atoms with Gasteiger partial charge in [0.2, 0.25) is 0 Å². The summed E-state index contributed by atoms with van der Waals surface area (Å²) in [6.07, 6.45) is -4.37. The van der Waals surface area contributed by atoms with Crippen molar-refractivity contribution in [1.82, 2.24) is 10.4 Å². The predicted octanol–water partition coefficient (Wildman–Crippen LogP) is 2.43. The van der Waals surface area contributed by atoms with E-state index in [0.29, 0.717) is 11.4 Å². The Labute approximate surface area is 107 Å². The summed E-state index contributed by atoms with van der Waals surface area (Å²) in [5, 5.41) is 4.96. The zero-order chi connectivity index (χ0) is 14.0. The maximum atomic E-state index is 12.4. The second-order valence-corrected chi connectivity index (χ2v) is 4.04. The molecule has 1 aliphatic rings. The van der Waals surface area contributed by atoms with E-state index in [1.165, 1.54) is 17.1 Å². The lowest BCUT2D eigenvalue weighted by atomic mass is 10.2. The van der Waals surface area contributed by atoms with Crippen LogP contribution in [0.1, 0.15) is 12.5 Å². The van der Waals surface area contributed by atoms with Gasteiger partial charge in [0.05, 0.1) is 23.5 Å². The van der Waals surface area contributed by atoms with Crippen molar-refractivity contribution in [3.63, 3.8) is 0 Å². The number of nitrogens with one attached hydrogen (secondary N) is 2. The van der Waals surface area contributed by atoms with Crippen molar-refractivity contribution in [1.29, 1.82) is 0 Å². The molecule has 19 heavy (non-hydrogen) atoms. The molecule has 1 heterocycles. The Balaban J connectivity index is 2.08. The molecule has 0 aromatic heterocycles. The summed E-state index contributed by atoms with van der Waals surface area (Å²) in [7, 11) is 0. The summed E-state index contributed by atoms with van der Waals surface area (Å²) < 4.78 is 37.1. The van der Waals surface area contributed by atoms with Gasteiger partial charge in [0, 0.05) is 0 Å². The summed E-state index contributed by atoms with van der Waals surface area (Å²) in [5.74, 6) is 0. The highest BCUT2D eigenvalue weighted by Crippen LogP contribution is 2.29. The highest BCUT2D eigenvalue weighted by Gasteiger charge is 2.30. The number of urea groups is 1. The van der Waals surface area contributed by atoms with Gasteiger partial charge in [-0.1, -0.05) is 0 Å². The molecule has 0 saturated heterocycles. The number of benzene rings is 1. The molecule has 0 unspecified atom stereocenters.